The van der Waals surface area contributed by atoms with Gasteiger partial charge in [0.25, 0.3) is 0 Å². The predicted molar refractivity (Wildman–Crippen MR) is 75.5 cm³/mol. The third-order valence-corrected chi connectivity index (χ3v) is 3.56. The smallest absolute Gasteiger partial charge is 0.0758 e. The van der Waals surface area contributed by atoms with E-state index in [0.717, 1.165) is 22.4 Å². The molecule has 0 aromatic carbocycles. The zero-order valence-electron chi connectivity index (χ0n) is 10.8. The van der Waals surface area contributed by atoms with Gasteiger partial charge in [0, 0.05) is 18.4 Å². The second kappa shape index (κ2) is 5.63. The fourth-order valence-corrected chi connectivity index (χ4v) is 2.64. The van der Waals surface area contributed by atoms with Crippen LogP contribution in [0.1, 0.15) is 29.9 Å². The maximum atomic E-state index is 4.37. The Morgan fingerprint density at radius 1 is 1.50 bits per heavy atom. The number of nitrogens with zero attached hydrogens (tertiary/aromatic N) is 3. The van der Waals surface area contributed by atoms with Crippen LogP contribution in [0.5, 0.6) is 0 Å². The number of hydrogen-bond donors (Lipinski definition) is 1. The van der Waals surface area contributed by atoms with Crippen LogP contribution >= 0.6 is 15.9 Å². The zero-order valence-corrected chi connectivity index (χ0v) is 12.4. The summed E-state index contributed by atoms with van der Waals surface area (Å²) in [5.41, 5.74) is 3.36. The van der Waals surface area contributed by atoms with Gasteiger partial charge in [-0.1, -0.05) is 0 Å². The van der Waals surface area contributed by atoms with E-state index < -0.39 is 0 Å². The molecule has 0 spiro atoms. The van der Waals surface area contributed by atoms with Crippen molar-refractivity contribution in [3.63, 3.8) is 0 Å². The minimum atomic E-state index is 0.114. The molecule has 1 unspecified atom stereocenters. The second-order valence-corrected chi connectivity index (χ2v) is 5.00. The molecule has 0 aliphatic carbocycles. The molecule has 1 atom stereocenters. The van der Waals surface area contributed by atoms with Crippen LogP contribution in [0.4, 0.5) is 0 Å². The maximum absolute atomic E-state index is 4.37. The van der Waals surface area contributed by atoms with Gasteiger partial charge in [-0.05, 0) is 54.5 Å². The normalized spacial score (nSPS) is 12.7. The van der Waals surface area contributed by atoms with E-state index in [9.17, 15) is 0 Å². The molecule has 1 N–H and O–H groups in total. The second-order valence-electron chi connectivity index (χ2n) is 4.15. The lowest BCUT2D eigenvalue weighted by Crippen LogP contribution is -2.22. The van der Waals surface area contributed by atoms with E-state index in [1.165, 1.54) is 5.56 Å². The summed E-state index contributed by atoms with van der Waals surface area (Å²) in [7, 11) is 1.96. The van der Waals surface area contributed by atoms with Crippen molar-refractivity contribution in [1.82, 2.24) is 20.1 Å². The van der Waals surface area contributed by atoms with Crippen LogP contribution < -0.4 is 5.32 Å². The number of aryl methyl sites for hydroxylation is 2. The monoisotopic (exact) mass is 308 g/mol. The summed E-state index contributed by atoms with van der Waals surface area (Å²) < 4.78 is 3.03. The highest BCUT2D eigenvalue weighted by molar-refractivity contribution is 9.10. The first-order valence-electron chi connectivity index (χ1n) is 5.98. The summed E-state index contributed by atoms with van der Waals surface area (Å²) in [6.45, 7) is 4.94. The van der Waals surface area contributed by atoms with Gasteiger partial charge in [-0.3, -0.25) is 9.67 Å². The van der Waals surface area contributed by atoms with Gasteiger partial charge in [0.2, 0.25) is 0 Å². The molecular weight excluding hydrogens is 292 g/mol. The van der Waals surface area contributed by atoms with E-state index in [2.05, 4.69) is 44.3 Å². The minimum Gasteiger partial charge on any atom is -0.308 e. The lowest BCUT2D eigenvalue weighted by atomic mass is 10.0. The van der Waals surface area contributed by atoms with E-state index in [-0.39, 0.29) is 6.04 Å². The van der Waals surface area contributed by atoms with Crippen molar-refractivity contribution >= 4 is 15.9 Å². The van der Waals surface area contributed by atoms with Crippen molar-refractivity contribution in [2.75, 3.05) is 7.05 Å². The first-order valence-corrected chi connectivity index (χ1v) is 6.77. The van der Waals surface area contributed by atoms with Gasteiger partial charge in [-0.2, -0.15) is 5.10 Å². The Bertz CT molecular complexity index is 536. The predicted octanol–water partition coefficient (Wildman–Crippen LogP) is 2.68. The molecule has 0 bridgehead atoms. The van der Waals surface area contributed by atoms with Crippen molar-refractivity contribution in [3.8, 4) is 0 Å². The average Bonchev–Trinajstić information content (AvgIpc) is 2.72. The summed E-state index contributed by atoms with van der Waals surface area (Å²) in [6.07, 6.45) is 3.69. The Balaban J connectivity index is 2.48. The summed E-state index contributed by atoms with van der Waals surface area (Å²) in [6, 6.07) is 4.25. The molecule has 0 amide bonds. The molecule has 2 heterocycles. The number of halogens is 1. The van der Waals surface area contributed by atoms with E-state index >= 15 is 0 Å². The highest BCUT2D eigenvalue weighted by Gasteiger charge is 2.20. The fraction of sp³-hybridized carbons (Fsp3) is 0.385. The SMILES string of the molecule is CCn1ncc(Br)c1C(NC)c1ccnc(C)c1. The van der Waals surface area contributed by atoms with Crippen LogP contribution in [0.25, 0.3) is 0 Å². The number of rotatable bonds is 4. The highest BCUT2D eigenvalue weighted by atomic mass is 79.9. The van der Waals surface area contributed by atoms with Crippen molar-refractivity contribution in [3.05, 3.63) is 46.0 Å². The Kier molecular flexibility index (Phi) is 4.14. The molecule has 0 aliphatic heterocycles. The molecule has 0 aliphatic rings. The van der Waals surface area contributed by atoms with Gasteiger partial charge < -0.3 is 5.32 Å². The lowest BCUT2D eigenvalue weighted by molar-refractivity contribution is 0.561. The first-order chi connectivity index (χ1) is 8.67. The molecule has 0 saturated carbocycles. The van der Waals surface area contributed by atoms with Crippen LogP contribution in [0, 0.1) is 6.92 Å². The summed E-state index contributed by atoms with van der Waals surface area (Å²) >= 11 is 3.58. The molecular formula is C13H17BrN4. The Morgan fingerprint density at radius 2 is 2.28 bits per heavy atom. The largest absolute Gasteiger partial charge is 0.308 e. The summed E-state index contributed by atoms with van der Waals surface area (Å²) in [5.74, 6) is 0. The lowest BCUT2D eigenvalue weighted by Gasteiger charge is -2.19. The highest BCUT2D eigenvalue weighted by Crippen LogP contribution is 2.28. The molecule has 0 fully saturated rings. The summed E-state index contributed by atoms with van der Waals surface area (Å²) in [5, 5.41) is 7.71. The molecule has 2 aromatic heterocycles. The van der Waals surface area contributed by atoms with Gasteiger partial charge in [0.1, 0.15) is 0 Å². The maximum Gasteiger partial charge on any atom is 0.0758 e. The van der Waals surface area contributed by atoms with Crippen LogP contribution in [0.2, 0.25) is 0 Å². The van der Waals surface area contributed by atoms with E-state index in [1.54, 1.807) is 0 Å². The van der Waals surface area contributed by atoms with Gasteiger partial charge in [-0.15, -0.1) is 0 Å². The Morgan fingerprint density at radius 3 is 2.89 bits per heavy atom. The van der Waals surface area contributed by atoms with Gasteiger partial charge in [0.05, 0.1) is 22.4 Å². The number of nitrogens with one attached hydrogen (secondary N) is 1. The molecule has 2 rings (SSSR count). The third kappa shape index (κ3) is 2.47. The van der Waals surface area contributed by atoms with Crippen LogP contribution in [-0.2, 0) is 6.54 Å². The molecule has 0 radical (unpaired) electrons. The Hall–Kier alpha value is -1.20. The van der Waals surface area contributed by atoms with Crippen LogP contribution in [0.15, 0.2) is 29.0 Å². The molecule has 5 heteroatoms. The molecule has 4 nitrogen and oxygen atoms in total. The molecule has 0 saturated heterocycles. The average molecular weight is 309 g/mol. The first kappa shape index (κ1) is 13.2. The van der Waals surface area contributed by atoms with Gasteiger partial charge in [0.15, 0.2) is 0 Å². The van der Waals surface area contributed by atoms with Crippen molar-refractivity contribution < 1.29 is 0 Å². The van der Waals surface area contributed by atoms with Crippen LogP contribution in [0.3, 0.4) is 0 Å². The standard InChI is InChI=1S/C13H17BrN4/c1-4-18-13(11(14)8-17-18)12(15-3)10-5-6-16-9(2)7-10/h5-8,12,15H,4H2,1-3H3. The van der Waals surface area contributed by atoms with E-state index in [4.69, 9.17) is 0 Å². The van der Waals surface area contributed by atoms with E-state index in [0.29, 0.717) is 0 Å². The summed E-state index contributed by atoms with van der Waals surface area (Å²) in [4.78, 5) is 4.24. The van der Waals surface area contributed by atoms with Gasteiger partial charge in [-0.25, -0.2) is 0 Å². The number of pyridine rings is 1. The fourth-order valence-electron chi connectivity index (χ4n) is 2.12. The van der Waals surface area contributed by atoms with E-state index in [1.807, 2.05) is 37.1 Å². The van der Waals surface area contributed by atoms with Crippen molar-refractivity contribution in [2.24, 2.45) is 0 Å². The molecule has 2 aromatic rings. The third-order valence-electron chi connectivity index (χ3n) is 2.95. The van der Waals surface area contributed by atoms with Crippen molar-refractivity contribution in [2.45, 2.75) is 26.4 Å². The molecule has 18 heavy (non-hydrogen) atoms. The number of hydrogen-bond acceptors (Lipinski definition) is 3. The topological polar surface area (TPSA) is 42.7 Å². The molecule has 96 valence electrons. The Labute approximate surface area is 116 Å². The van der Waals surface area contributed by atoms with Gasteiger partial charge >= 0.3 is 0 Å². The number of aromatic nitrogens is 3. The van der Waals surface area contributed by atoms with Crippen LogP contribution in [-0.4, -0.2) is 21.8 Å². The quantitative estimate of drug-likeness (QED) is 0.944. The van der Waals surface area contributed by atoms with Crippen molar-refractivity contribution in [1.29, 1.82) is 0 Å². The minimum absolute atomic E-state index is 0.114. The zero-order chi connectivity index (χ0) is 13.1.